The Morgan fingerprint density at radius 3 is 2.84 bits per heavy atom. The van der Waals surface area contributed by atoms with Crippen molar-refractivity contribution < 1.29 is 24.2 Å². The van der Waals surface area contributed by atoms with Gasteiger partial charge in [-0.1, -0.05) is 29.8 Å². The third kappa shape index (κ3) is 4.08. The summed E-state index contributed by atoms with van der Waals surface area (Å²) in [4.78, 5) is 27.5. The number of benzene rings is 2. The van der Waals surface area contributed by atoms with Crippen LogP contribution in [0.1, 0.15) is 41.1 Å². The molecule has 2 heterocycles. The highest BCUT2D eigenvalue weighted by Crippen LogP contribution is 2.40. The molecular formula is C25H27NO5. The summed E-state index contributed by atoms with van der Waals surface area (Å²) < 4.78 is 10.8. The van der Waals surface area contributed by atoms with Crippen LogP contribution in [0.5, 0.6) is 5.75 Å². The number of likely N-dealkylation sites (tertiary alicyclic amines) is 1. The van der Waals surface area contributed by atoms with Crippen molar-refractivity contribution in [2.75, 3.05) is 26.9 Å². The molecule has 0 saturated carbocycles. The number of carbonyl (C=O) groups excluding carboxylic acids is 2. The highest BCUT2D eigenvalue weighted by atomic mass is 16.5. The van der Waals surface area contributed by atoms with Gasteiger partial charge in [-0.3, -0.25) is 9.59 Å². The van der Waals surface area contributed by atoms with E-state index in [1.54, 1.807) is 18.1 Å². The van der Waals surface area contributed by atoms with Gasteiger partial charge in [-0.2, -0.15) is 0 Å². The monoisotopic (exact) mass is 421 g/mol. The summed E-state index contributed by atoms with van der Waals surface area (Å²) in [5.74, 6) is -0.591. The van der Waals surface area contributed by atoms with Crippen LogP contribution in [0, 0.1) is 6.92 Å². The average molecular weight is 421 g/mol. The number of fused-ring (bicyclic) bond motifs is 1. The van der Waals surface area contributed by atoms with Crippen molar-refractivity contribution >= 4 is 17.4 Å². The van der Waals surface area contributed by atoms with Crippen LogP contribution in [-0.2, 0) is 20.7 Å². The number of carbonyl (C=O) groups is 2. The van der Waals surface area contributed by atoms with Gasteiger partial charge < -0.3 is 19.5 Å². The predicted octanol–water partition coefficient (Wildman–Crippen LogP) is 3.78. The smallest absolute Gasteiger partial charge is 0.295 e. The summed E-state index contributed by atoms with van der Waals surface area (Å²) in [6, 6.07) is 12.5. The van der Waals surface area contributed by atoms with E-state index >= 15 is 0 Å². The molecule has 1 N–H and O–H groups in total. The predicted molar refractivity (Wildman–Crippen MR) is 117 cm³/mol. The molecule has 162 valence electrons. The molecule has 1 atom stereocenters. The van der Waals surface area contributed by atoms with Gasteiger partial charge in [-0.05, 0) is 55.5 Å². The van der Waals surface area contributed by atoms with Gasteiger partial charge in [-0.25, -0.2) is 0 Å². The van der Waals surface area contributed by atoms with E-state index < -0.39 is 17.7 Å². The molecule has 0 bridgehead atoms. The van der Waals surface area contributed by atoms with Crippen LogP contribution in [-0.4, -0.2) is 48.6 Å². The van der Waals surface area contributed by atoms with E-state index in [-0.39, 0.29) is 11.3 Å². The summed E-state index contributed by atoms with van der Waals surface area (Å²) >= 11 is 0. The van der Waals surface area contributed by atoms with E-state index in [9.17, 15) is 14.7 Å². The lowest BCUT2D eigenvalue weighted by molar-refractivity contribution is -0.140. The van der Waals surface area contributed by atoms with Gasteiger partial charge in [0.25, 0.3) is 11.7 Å². The lowest BCUT2D eigenvalue weighted by Crippen LogP contribution is -2.31. The van der Waals surface area contributed by atoms with Crippen molar-refractivity contribution in [2.45, 2.75) is 32.2 Å². The van der Waals surface area contributed by atoms with Gasteiger partial charge in [-0.15, -0.1) is 0 Å². The lowest BCUT2D eigenvalue weighted by atomic mass is 9.93. The van der Waals surface area contributed by atoms with Gasteiger partial charge >= 0.3 is 0 Å². The molecule has 0 spiro atoms. The van der Waals surface area contributed by atoms with Gasteiger partial charge in [0.05, 0.1) is 18.2 Å². The van der Waals surface area contributed by atoms with E-state index in [0.29, 0.717) is 31.7 Å². The largest absolute Gasteiger partial charge is 0.507 e. The number of rotatable bonds is 6. The quantitative estimate of drug-likeness (QED) is 0.333. The SMILES string of the molecule is COCCCN1C(=O)C(=O)/C(=C(\O)c2ccc3c(c2)CCCO3)C1c1cccc(C)c1. The molecule has 0 aliphatic carbocycles. The molecule has 2 aliphatic rings. The standard InChI is InChI=1S/C25H27NO5/c1-16-6-3-7-18(14-16)22-21(24(28)25(29)26(22)11-5-12-30-2)23(27)19-9-10-20-17(15-19)8-4-13-31-20/h3,6-7,9-10,14-15,22,27H,4-5,8,11-13H2,1-2H3/b23-21-. The number of ketones is 1. The molecule has 6 heteroatoms. The Kier molecular flexibility index (Phi) is 6.09. The second-order valence-corrected chi connectivity index (χ2v) is 8.03. The van der Waals surface area contributed by atoms with Crippen LogP contribution in [0.25, 0.3) is 5.76 Å². The molecule has 1 amide bonds. The molecule has 0 aromatic heterocycles. The number of nitrogens with zero attached hydrogens (tertiary/aromatic N) is 1. The Hall–Kier alpha value is -3.12. The minimum absolute atomic E-state index is 0.129. The number of amides is 1. The Morgan fingerprint density at radius 2 is 2.06 bits per heavy atom. The van der Waals surface area contributed by atoms with Crippen molar-refractivity contribution in [2.24, 2.45) is 0 Å². The van der Waals surface area contributed by atoms with E-state index in [0.717, 1.165) is 35.3 Å². The number of aryl methyl sites for hydroxylation is 2. The third-order valence-electron chi connectivity index (χ3n) is 5.83. The fraction of sp³-hybridized carbons (Fsp3) is 0.360. The van der Waals surface area contributed by atoms with Crippen molar-refractivity contribution in [3.63, 3.8) is 0 Å². The number of hydrogen-bond acceptors (Lipinski definition) is 5. The highest BCUT2D eigenvalue weighted by Gasteiger charge is 2.45. The summed E-state index contributed by atoms with van der Waals surface area (Å²) in [6.07, 6.45) is 2.36. The Labute approximate surface area is 182 Å². The van der Waals surface area contributed by atoms with E-state index in [2.05, 4.69) is 0 Å². The first-order chi connectivity index (χ1) is 15.0. The number of hydrogen-bond donors (Lipinski definition) is 1. The average Bonchev–Trinajstić information content (AvgIpc) is 3.03. The molecule has 6 nitrogen and oxygen atoms in total. The molecule has 2 aromatic rings. The maximum absolute atomic E-state index is 13.1. The van der Waals surface area contributed by atoms with E-state index in [1.807, 2.05) is 43.3 Å². The number of ether oxygens (including phenoxy) is 2. The summed E-state index contributed by atoms with van der Waals surface area (Å²) in [6.45, 7) is 3.49. The Balaban J connectivity index is 1.81. The topological polar surface area (TPSA) is 76.1 Å². The fourth-order valence-electron chi connectivity index (χ4n) is 4.34. The van der Waals surface area contributed by atoms with Crippen LogP contribution in [0.15, 0.2) is 48.0 Å². The maximum Gasteiger partial charge on any atom is 0.295 e. The van der Waals surface area contributed by atoms with Crippen molar-refractivity contribution in [3.8, 4) is 5.75 Å². The molecule has 2 aromatic carbocycles. The number of aliphatic hydroxyl groups excluding tert-OH is 1. The number of methoxy groups -OCH3 is 1. The van der Waals surface area contributed by atoms with Gasteiger partial charge in [0, 0.05) is 25.8 Å². The van der Waals surface area contributed by atoms with Gasteiger partial charge in [0.1, 0.15) is 11.5 Å². The van der Waals surface area contributed by atoms with Crippen LogP contribution < -0.4 is 4.74 Å². The first kappa shape index (κ1) is 21.1. The molecule has 0 radical (unpaired) electrons. The summed E-state index contributed by atoms with van der Waals surface area (Å²) in [7, 11) is 1.60. The molecule has 1 unspecified atom stereocenters. The zero-order chi connectivity index (χ0) is 22.0. The Morgan fingerprint density at radius 1 is 1.23 bits per heavy atom. The number of Topliss-reactive ketones (excluding diaryl/α,β-unsaturated/α-hetero) is 1. The van der Waals surface area contributed by atoms with E-state index in [1.165, 1.54) is 0 Å². The second-order valence-electron chi connectivity index (χ2n) is 8.03. The molecule has 31 heavy (non-hydrogen) atoms. The summed E-state index contributed by atoms with van der Waals surface area (Å²) in [5, 5.41) is 11.2. The molecule has 2 aliphatic heterocycles. The van der Waals surface area contributed by atoms with Crippen LogP contribution in [0.2, 0.25) is 0 Å². The Bertz CT molecular complexity index is 1040. The molecular weight excluding hydrogens is 394 g/mol. The van der Waals surface area contributed by atoms with Crippen molar-refractivity contribution in [1.29, 1.82) is 0 Å². The minimum Gasteiger partial charge on any atom is -0.507 e. The van der Waals surface area contributed by atoms with Crippen LogP contribution in [0.3, 0.4) is 0 Å². The summed E-state index contributed by atoms with van der Waals surface area (Å²) in [5.41, 5.74) is 3.48. The zero-order valence-electron chi connectivity index (χ0n) is 17.9. The highest BCUT2D eigenvalue weighted by molar-refractivity contribution is 6.46. The van der Waals surface area contributed by atoms with Gasteiger partial charge in [0.2, 0.25) is 0 Å². The number of aliphatic hydroxyl groups is 1. The van der Waals surface area contributed by atoms with Crippen LogP contribution >= 0.6 is 0 Å². The zero-order valence-corrected chi connectivity index (χ0v) is 17.9. The second kappa shape index (κ2) is 8.94. The minimum atomic E-state index is -0.657. The third-order valence-corrected chi connectivity index (χ3v) is 5.83. The van der Waals surface area contributed by atoms with Crippen molar-refractivity contribution in [3.05, 3.63) is 70.3 Å². The molecule has 1 saturated heterocycles. The maximum atomic E-state index is 13.1. The van der Waals surface area contributed by atoms with Crippen LogP contribution in [0.4, 0.5) is 0 Å². The molecule has 1 fully saturated rings. The molecule has 4 rings (SSSR count). The lowest BCUT2D eigenvalue weighted by Gasteiger charge is -2.25. The van der Waals surface area contributed by atoms with E-state index in [4.69, 9.17) is 9.47 Å². The first-order valence-electron chi connectivity index (χ1n) is 10.6. The van der Waals surface area contributed by atoms with Crippen molar-refractivity contribution in [1.82, 2.24) is 4.90 Å². The fourth-order valence-corrected chi connectivity index (χ4v) is 4.34. The van der Waals surface area contributed by atoms with Gasteiger partial charge in [0.15, 0.2) is 0 Å². The normalized spacial score (nSPS) is 19.9. The first-order valence-corrected chi connectivity index (χ1v) is 10.6.